The Morgan fingerprint density at radius 2 is 1.36 bits per heavy atom. The van der Waals surface area contributed by atoms with Gasteiger partial charge in [0.1, 0.15) is 12.4 Å². The fraction of sp³-hybridized carbons (Fsp3) is 0.125. The number of benzene rings is 4. The molecule has 0 spiro atoms. The molecule has 0 atom stereocenters. The molecular weight excluding hydrogens is 583 g/mol. The summed E-state index contributed by atoms with van der Waals surface area (Å²) in [7, 11) is 0. The average molecular weight is 608 g/mol. The van der Waals surface area contributed by atoms with E-state index in [1.807, 2.05) is 0 Å². The van der Waals surface area contributed by atoms with Crippen molar-refractivity contribution in [2.45, 2.75) is 18.0 Å². The highest BCUT2D eigenvalue weighted by Crippen LogP contribution is 2.33. The molecule has 12 heteroatoms. The molecule has 1 amide bonds. The monoisotopic (exact) mass is 607 g/mol. The molecule has 0 saturated heterocycles. The van der Waals surface area contributed by atoms with Crippen molar-refractivity contribution in [1.29, 1.82) is 0 Å². The Labute approximate surface area is 248 Å². The number of phenolic OH excluding ortho intramolecular Hbond substituents is 1. The van der Waals surface area contributed by atoms with Gasteiger partial charge in [0.05, 0.1) is 17.7 Å². The molecular formula is C32H24F3NO8. The minimum Gasteiger partial charge on any atom is -0.506 e. The molecule has 9 nitrogen and oxygen atoms in total. The highest BCUT2D eigenvalue weighted by Gasteiger charge is 2.50. The lowest BCUT2D eigenvalue weighted by molar-refractivity contribution is -0.164. The van der Waals surface area contributed by atoms with E-state index in [4.69, 9.17) is 4.74 Å². The number of nitrogens with one attached hydrogen (secondary N) is 1. The highest BCUT2D eigenvalue weighted by atomic mass is 19.4. The average Bonchev–Trinajstić information content (AvgIpc) is 2.98. The fourth-order valence-corrected chi connectivity index (χ4v) is 4.43. The van der Waals surface area contributed by atoms with Gasteiger partial charge in [-0.1, -0.05) is 66.7 Å². The van der Waals surface area contributed by atoms with Gasteiger partial charge >= 0.3 is 24.1 Å². The predicted octanol–water partition coefficient (Wildman–Crippen LogP) is 5.52. The molecule has 0 fully saturated rings. The van der Waals surface area contributed by atoms with Gasteiger partial charge in [0.2, 0.25) is 5.41 Å². The van der Waals surface area contributed by atoms with Gasteiger partial charge in [-0.15, -0.1) is 0 Å². The second kappa shape index (κ2) is 12.7. The quantitative estimate of drug-likeness (QED) is 0.105. The van der Waals surface area contributed by atoms with E-state index in [1.54, 1.807) is 24.3 Å². The Bertz CT molecular complexity index is 1690. The molecule has 0 heterocycles. The molecule has 4 aromatic rings. The van der Waals surface area contributed by atoms with Crippen LogP contribution in [0.25, 0.3) is 11.1 Å². The summed E-state index contributed by atoms with van der Waals surface area (Å²) in [6, 6.07) is 21.4. The number of hydrogen-bond acceptors (Lipinski definition) is 6. The number of hydrogen-bond donors (Lipinski definition) is 4. The van der Waals surface area contributed by atoms with Crippen molar-refractivity contribution in [3.8, 4) is 16.9 Å². The second-order valence-electron chi connectivity index (χ2n) is 9.65. The zero-order chi connectivity index (χ0) is 32.1. The molecule has 0 aliphatic heterocycles. The zero-order valence-electron chi connectivity index (χ0n) is 22.7. The molecule has 0 aliphatic carbocycles. The summed E-state index contributed by atoms with van der Waals surface area (Å²) in [6.45, 7) is -0.987. The normalized spacial score (nSPS) is 11.4. The Morgan fingerprint density at radius 1 is 0.750 bits per heavy atom. The summed E-state index contributed by atoms with van der Waals surface area (Å²) >= 11 is 0. The van der Waals surface area contributed by atoms with Gasteiger partial charge in [-0.25, -0.2) is 0 Å². The Balaban J connectivity index is 1.46. The predicted molar refractivity (Wildman–Crippen MR) is 151 cm³/mol. The Kier molecular flexibility index (Phi) is 9.03. The van der Waals surface area contributed by atoms with Gasteiger partial charge in [0.25, 0.3) is 5.91 Å². The molecule has 0 unspecified atom stereocenters. The van der Waals surface area contributed by atoms with Crippen LogP contribution >= 0.6 is 0 Å². The third-order valence-electron chi connectivity index (χ3n) is 6.80. The van der Waals surface area contributed by atoms with E-state index in [9.17, 15) is 47.7 Å². The standard InChI is InChI=1S/C32H24F3NO8/c33-32(34,35)22-13-11-20(12-14-22)23-8-4-5-9-24(23)28(39)36-25-15-10-19(16-26(25)37)17-27(38)44-18-31(29(40)41,30(42)43)21-6-2-1-3-7-21/h1-16,37H,17-18H2,(H,36,39)(H,40,41)(H,42,43). The molecule has 4 rings (SSSR count). The molecule has 226 valence electrons. The fourth-order valence-electron chi connectivity index (χ4n) is 4.43. The number of ether oxygens (including phenoxy) is 1. The van der Waals surface area contributed by atoms with Gasteiger partial charge in [-0.05, 0) is 52.6 Å². The van der Waals surface area contributed by atoms with Crippen LogP contribution in [-0.2, 0) is 37.1 Å². The van der Waals surface area contributed by atoms with Crippen LogP contribution in [0.1, 0.15) is 27.0 Å². The van der Waals surface area contributed by atoms with Gasteiger partial charge in [-0.2, -0.15) is 13.2 Å². The van der Waals surface area contributed by atoms with Crippen LogP contribution in [0.5, 0.6) is 5.75 Å². The number of alkyl halides is 3. The largest absolute Gasteiger partial charge is 0.506 e. The highest BCUT2D eigenvalue weighted by molar-refractivity contribution is 6.09. The lowest BCUT2D eigenvalue weighted by Crippen LogP contribution is -2.48. The molecule has 0 aromatic heterocycles. The van der Waals surface area contributed by atoms with Crippen molar-refractivity contribution < 1.29 is 52.4 Å². The van der Waals surface area contributed by atoms with Crippen molar-refractivity contribution in [2.24, 2.45) is 0 Å². The van der Waals surface area contributed by atoms with Crippen molar-refractivity contribution in [2.75, 3.05) is 11.9 Å². The summed E-state index contributed by atoms with van der Waals surface area (Å²) in [5, 5.41) is 32.5. The van der Waals surface area contributed by atoms with Gasteiger partial charge in [-0.3, -0.25) is 19.2 Å². The lowest BCUT2D eigenvalue weighted by Gasteiger charge is -2.25. The van der Waals surface area contributed by atoms with E-state index in [-0.39, 0.29) is 22.4 Å². The van der Waals surface area contributed by atoms with Gasteiger partial charge in [0, 0.05) is 5.56 Å². The summed E-state index contributed by atoms with van der Waals surface area (Å²) in [5.41, 5.74) is -2.44. The van der Waals surface area contributed by atoms with Gasteiger partial charge < -0.3 is 25.4 Å². The summed E-state index contributed by atoms with van der Waals surface area (Å²) in [5.74, 6) is -5.49. The molecule has 4 N–H and O–H groups in total. The number of esters is 1. The summed E-state index contributed by atoms with van der Waals surface area (Å²) in [4.78, 5) is 49.6. The zero-order valence-corrected chi connectivity index (χ0v) is 22.7. The maximum atomic E-state index is 13.1. The van der Waals surface area contributed by atoms with Crippen molar-refractivity contribution in [3.05, 3.63) is 119 Å². The topological polar surface area (TPSA) is 150 Å². The van der Waals surface area contributed by atoms with Crippen LogP contribution in [0.15, 0.2) is 97.1 Å². The number of anilines is 1. The number of carboxylic acid groups (broad SMARTS) is 2. The number of rotatable bonds is 10. The van der Waals surface area contributed by atoms with E-state index in [0.717, 1.165) is 18.2 Å². The minimum absolute atomic E-state index is 0.0332. The minimum atomic E-state index is -4.51. The van der Waals surface area contributed by atoms with E-state index >= 15 is 0 Å². The number of halogens is 3. The molecule has 0 radical (unpaired) electrons. The van der Waals surface area contributed by atoms with Crippen LogP contribution in [0.2, 0.25) is 0 Å². The first-order chi connectivity index (χ1) is 20.8. The van der Waals surface area contributed by atoms with Crippen LogP contribution in [0.3, 0.4) is 0 Å². The molecule has 0 saturated carbocycles. The Hall–Kier alpha value is -5.65. The number of phenols is 1. The van der Waals surface area contributed by atoms with Gasteiger partial charge in [0.15, 0.2) is 0 Å². The summed E-state index contributed by atoms with van der Waals surface area (Å²) in [6.07, 6.45) is -4.97. The van der Waals surface area contributed by atoms with Crippen LogP contribution in [-0.4, -0.2) is 45.7 Å². The second-order valence-corrected chi connectivity index (χ2v) is 9.65. The number of carbonyl (C=O) groups is 4. The van der Waals surface area contributed by atoms with E-state index < -0.39 is 59.7 Å². The van der Waals surface area contributed by atoms with Crippen molar-refractivity contribution >= 4 is 29.5 Å². The first kappa shape index (κ1) is 31.3. The van der Waals surface area contributed by atoms with E-state index in [2.05, 4.69) is 5.32 Å². The number of aromatic hydroxyl groups is 1. The van der Waals surface area contributed by atoms with E-state index in [0.29, 0.717) is 11.1 Å². The first-order valence-electron chi connectivity index (χ1n) is 12.9. The third-order valence-corrected chi connectivity index (χ3v) is 6.80. The van der Waals surface area contributed by atoms with Crippen LogP contribution in [0.4, 0.5) is 18.9 Å². The van der Waals surface area contributed by atoms with Crippen LogP contribution in [0, 0.1) is 0 Å². The number of carboxylic acids is 2. The van der Waals surface area contributed by atoms with E-state index in [1.165, 1.54) is 54.6 Å². The van der Waals surface area contributed by atoms with Crippen molar-refractivity contribution in [3.63, 3.8) is 0 Å². The lowest BCUT2D eigenvalue weighted by atomic mass is 9.81. The van der Waals surface area contributed by atoms with Crippen molar-refractivity contribution in [1.82, 2.24) is 0 Å². The molecule has 4 aromatic carbocycles. The summed E-state index contributed by atoms with van der Waals surface area (Å²) < 4.78 is 43.9. The maximum Gasteiger partial charge on any atom is 0.416 e. The first-order valence-corrected chi connectivity index (χ1v) is 12.9. The molecule has 0 aliphatic rings. The molecule has 44 heavy (non-hydrogen) atoms. The SMILES string of the molecule is O=C(Cc1ccc(NC(=O)c2ccccc2-c2ccc(C(F)(F)F)cc2)c(O)c1)OCC(C(=O)O)(C(=O)O)c1ccccc1. The molecule has 0 bridgehead atoms. The number of amides is 1. The number of carbonyl (C=O) groups excluding carboxylic acids is 2. The number of aliphatic carboxylic acids is 2. The maximum absolute atomic E-state index is 13.1. The van der Waals surface area contributed by atoms with Crippen LogP contribution < -0.4 is 5.32 Å². The third kappa shape index (κ3) is 6.70. The Morgan fingerprint density at radius 3 is 1.95 bits per heavy atom. The smallest absolute Gasteiger partial charge is 0.416 e.